The molecular formula is C17H12N2O5. The Kier molecular flexibility index (Phi) is 3.38. The summed E-state index contributed by atoms with van der Waals surface area (Å²) in [6, 6.07) is 12.2. The van der Waals surface area contributed by atoms with Crippen LogP contribution in [0, 0.1) is 0 Å². The lowest BCUT2D eigenvalue weighted by Gasteiger charge is -1.99. The number of hydrogen-bond acceptors (Lipinski definition) is 7. The lowest BCUT2D eigenvalue weighted by atomic mass is 10.1. The van der Waals surface area contributed by atoms with E-state index < -0.39 is 5.97 Å². The fourth-order valence-corrected chi connectivity index (χ4v) is 2.36. The number of esters is 1. The second-order valence-electron chi connectivity index (χ2n) is 5.06. The van der Waals surface area contributed by atoms with Gasteiger partial charge < -0.3 is 18.7 Å². The first-order valence-electron chi connectivity index (χ1n) is 7.17. The van der Waals surface area contributed by atoms with E-state index in [4.69, 9.17) is 14.0 Å². The average molecular weight is 324 g/mol. The van der Waals surface area contributed by atoms with Gasteiger partial charge in [0.05, 0.1) is 12.7 Å². The van der Waals surface area contributed by atoms with Crippen LogP contribution in [0.3, 0.4) is 0 Å². The van der Waals surface area contributed by atoms with E-state index in [1.165, 1.54) is 7.11 Å². The highest BCUT2D eigenvalue weighted by atomic mass is 16.7. The van der Waals surface area contributed by atoms with Gasteiger partial charge in [0.1, 0.15) is 0 Å². The predicted octanol–water partition coefficient (Wildman–Crippen LogP) is 2.92. The zero-order valence-electron chi connectivity index (χ0n) is 12.7. The summed E-state index contributed by atoms with van der Waals surface area (Å²) in [7, 11) is 1.34. The highest BCUT2D eigenvalue weighted by molar-refractivity contribution is 5.89. The van der Waals surface area contributed by atoms with Gasteiger partial charge in [0, 0.05) is 11.1 Å². The Morgan fingerprint density at radius 3 is 2.58 bits per heavy atom. The van der Waals surface area contributed by atoms with Crippen molar-refractivity contribution in [3.63, 3.8) is 0 Å². The Bertz CT molecular complexity index is 902. The first kappa shape index (κ1) is 14.3. The van der Waals surface area contributed by atoms with Gasteiger partial charge >= 0.3 is 5.97 Å². The van der Waals surface area contributed by atoms with E-state index in [-0.39, 0.29) is 6.79 Å². The number of rotatable bonds is 3. The van der Waals surface area contributed by atoms with E-state index in [2.05, 4.69) is 14.9 Å². The summed E-state index contributed by atoms with van der Waals surface area (Å²) in [5.74, 6) is 1.75. The number of hydrogen-bond donors (Lipinski definition) is 0. The largest absolute Gasteiger partial charge is 0.465 e. The highest BCUT2D eigenvalue weighted by Gasteiger charge is 2.17. The molecule has 0 N–H and O–H groups in total. The SMILES string of the molecule is COC(=O)c1ccc(-c2noc(-c3ccc4c(c3)OCO4)n2)cc1. The third-order valence-electron chi connectivity index (χ3n) is 3.61. The van der Waals surface area contributed by atoms with Crippen molar-refractivity contribution in [2.45, 2.75) is 0 Å². The Balaban J connectivity index is 1.62. The minimum Gasteiger partial charge on any atom is -0.465 e. The molecular weight excluding hydrogens is 312 g/mol. The molecule has 0 saturated carbocycles. The molecule has 0 atom stereocenters. The summed E-state index contributed by atoms with van der Waals surface area (Å²) in [5, 5.41) is 3.98. The molecule has 4 rings (SSSR count). The van der Waals surface area contributed by atoms with Crippen molar-refractivity contribution in [2.24, 2.45) is 0 Å². The van der Waals surface area contributed by atoms with Crippen LogP contribution >= 0.6 is 0 Å². The maximum absolute atomic E-state index is 11.4. The maximum Gasteiger partial charge on any atom is 0.337 e. The van der Waals surface area contributed by atoms with Crippen molar-refractivity contribution in [3.05, 3.63) is 48.0 Å². The quantitative estimate of drug-likeness (QED) is 0.685. The summed E-state index contributed by atoms with van der Waals surface area (Å²) in [5.41, 5.74) is 1.93. The Hall–Kier alpha value is -3.35. The zero-order valence-corrected chi connectivity index (χ0v) is 12.7. The highest BCUT2D eigenvalue weighted by Crippen LogP contribution is 2.35. The third kappa shape index (κ3) is 2.45. The molecule has 0 spiro atoms. The van der Waals surface area contributed by atoms with Crippen LogP contribution in [0.2, 0.25) is 0 Å². The number of carbonyl (C=O) groups excluding carboxylic acids is 1. The van der Waals surface area contributed by atoms with E-state index in [0.29, 0.717) is 28.8 Å². The molecule has 0 aliphatic carbocycles. The lowest BCUT2D eigenvalue weighted by molar-refractivity contribution is 0.0600. The van der Waals surface area contributed by atoms with Crippen molar-refractivity contribution in [1.82, 2.24) is 10.1 Å². The molecule has 0 radical (unpaired) electrons. The van der Waals surface area contributed by atoms with Crippen molar-refractivity contribution in [1.29, 1.82) is 0 Å². The summed E-state index contributed by atoms with van der Waals surface area (Å²) >= 11 is 0. The smallest absolute Gasteiger partial charge is 0.337 e. The third-order valence-corrected chi connectivity index (χ3v) is 3.61. The fraction of sp³-hybridized carbons (Fsp3) is 0.118. The summed E-state index contributed by atoms with van der Waals surface area (Å²) in [6.45, 7) is 0.209. The molecule has 120 valence electrons. The van der Waals surface area contributed by atoms with Crippen LogP contribution in [0.5, 0.6) is 11.5 Å². The molecule has 1 aromatic heterocycles. The van der Waals surface area contributed by atoms with Crippen LogP contribution in [0.4, 0.5) is 0 Å². The fourth-order valence-electron chi connectivity index (χ4n) is 2.36. The van der Waals surface area contributed by atoms with Gasteiger partial charge in [0.15, 0.2) is 11.5 Å². The van der Waals surface area contributed by atoms with Gasteiger partial charge in [-0.1, -0.05) is 17.3 Å². The van der Waals surface area contributed by atoms with Crippen LogP contribution in [-0.4, -0.2) is 30.0 Å². The molecule has 0 saturated heterocycles. The molecule has 7 nitrogen and oxygen atoms in total. The Morgan fingerprint density at radius 2 is 1.79 bits per heavy atom. The molecule has 1 aliphatic rings. The van der Waals surface area contributed by atoms with Crippen LogP contribution in [0.25, 0.3) is 22.8 Å². The average Bonchev–Trinajstić information content (AvgIpc) is 3.29. The van der Waals surface area contributed by atoms with Crippen LogP contribution in [0.15, 0.2) is 47.0 Å². The molecule has 0 amide bonds. The van der Waals surface area contributed by atoms with E-state index >= 15 is 0 Å². The topological polar surface area (TPSA) is 83.7 Å². The monoisotopic (exact) mass is 324 g/mol. The van der Waals surface area contributed by atoms with Crippen LogP contribution in [0.1, 0.15) is 10.4 Å². The van der Waals surface area contributed by atoms with Gasteiger partial charge in [0.2, 0.25) is 12.6 Å². The number of aromatic nitrogens is 2. The number of benzene rings is 2. The van der Waals surface area contributed by atoms with E-state index in [1.54, 1.807) is 36.4 Å². The summed E-state index contributed by atoms with van der Waals surface area (Å²) < 4.78 is 20.6. The van der Waals surface area contributed by atoms with Crippen molar-refractivity contribution < 1.29 is 23.5 Å². The van der Waals surface area contributed by atoms with Crippen LogP contribution in [-0.2, 0) is 4.74 Å². The Morgan fingerprint density at radius 1 is 1.04 bits per heavy atom. The van der Waals surface area contributed by atoms with Crippen molar-refractivity contribution in [2.75, 3.05) is 13.9 Å². The van der Waals surface area contributed by atoms with E-state index in [0.717, 1.165) is 11.1 Å². The number of methoxy groups -OCH3 is 1. The van der Waals surface area contributed by atoms with Crippen LogP contribution < -0.4 is 9.47 Å². The van der Waals surface area contributed by atoms with Gasteiger partial charge in [-0.25, -0.2) is 4.79 Å². The first-order valence-corrected chi connectivity index (χ1v) is 7.17. The molecule has 0 bridgehead atoms. The van der Waals surface area contributed by atoms with Crippen molar-refractivity contribution in [3.8, 4) is 34.3 Å². The number of fused-ring (bicyclic) bond motifs is 1. The molecule has 1 aliphatic heterocycles. The Labute approximate surface area is 136 Å². The molecule has 0 unspecified atom stereocenters. The zero-order chi connectivity index (χ0) is 16.5. The van der Waals surface area contributed by atoms with E-state index in [1.807, 2.05) is 6.07 Å². The second-order valence-corrected chi connectivity index (χ2v) is 5.06. The lowest BCUT2D eigenvalue weighted by Crippen LogP contribution is -2.00. The second kappa shape index (κ2) is 5.69. The molecule has 7 heteroatoms. The normalized spacial score (nSPS) is 12.2. The first-order chi connectivity index (χ1) is 11.7. The summed E-state index contributed by atoms with van der Waals surface area (Å²) in [4.78, 5) is 15.8. The number of ether oxygens (including phenoxy) is 3. The number of nitrogens with zero attached hydrogens (tertiary/aromatic N) is 2. The maximum atomic E-state index is 11.4. The van der Waals surface area contributed by atoms with E-state index in [9.17, 15) is 4.79 Å². The van der Waals surface area contributed by atoms with Gasteiger partial charge in [-0.05, 0) is 30.3 Å². The van der Waals surface area contributed by atoms with Crippen molar-refractivity contribution >= 4 is 5.97 Å². The number of carbonyl (C=O) groups is 1. The minimum atomic E-state index is -0.393. The molecule has 2 aromatic carbocycles. The standard InChI is InChI=1S/C17H12N2O5/c1-21-17(20)11-4-2-10(3-5-11)15-18-16(24-19-15)12-6-7-13-14(8-12)23-9-22-13/h2-8H,9H2,1H3. The van der Waals surface area contributed by atoms with Gasteiger partial charge in [0.25, 0.3) is 5.89 Å². The van der Waals surface area contributed by atoms with Gasteiger partial charge in [-0.15, -0.1) is 0 Å². The molecule has 24 heavy (non-hydrogen) atoms. The molecule has 2 heterocycles. The van der Waals surface area contributed by atoms with Gasteiger partial charge in [-0.2, -0.15) is 4.98 Å². The van der Waals surface area contributed by atoms with Gasteiger partial charge in [-0.3, -0.25) is 0 Å². The molecule has 0 fully saturated rings. The predicted molar refractivity (Wildman–Crippen MR) is 82.6 cm³/mol. The molecule has 3 aromatic rings. The minimum absolute atomic E-state index is 0.209. The summed E-state index contributed by atoms with van der Waals surface area (Å²) in [6.07, 6.45) is 0.